The van der Waals surface area contributed by atoms with Crippen molar-refractivity contribution in [1.29, 1.82) is 0 Å². The van der Waals surface area contributed by atoms with Gasteiger partial charge in [-0.2, -0.15) is 0 Å². The lowest BCUT2D eigenvalue weighted by atomic mass is 9.99. The van der Waals surface area contributed by atoms with Crippen LogP contribution in [0.4, 0.5) is 0 Å². The van der Waals surface area contributed by atoms with Crippen LogP contribution in [0.2, 0.25) is 6.04 Å². The van der Waals surface area contributed by atoms with E-state index < -0.39 is 9.28 Å². The Labute approximate surface area is 107 Å². The molecule has 1 aromatic rings. The molecular weight excluding hydrogens is 228 g/mol. The minimum atomic E-state index is -1.48. The van der Waals surface area contributed by atoms with Gasteiger partial charge in [0, 0.05) is 13.2 Å². The van der Waals surface area contributed by atoms with Gasteiger partial charge in [0.1, 0.15) is 0 Å². The Kier molecular flexibility index (Phi) is 7.16. The maximum Gasteiger partial charge on any atom is 0.322 e. The van der Waals surface area contributed by atoms with Gasteiger partial charge in [0.05, 0.1) is 0 Å². The van der Waals surface area contributed by atoms with Crippen molar-refractivity contribution < 1.29 is 8.85 Å². The highest BCUT2D eigenvalue weighted by atomic mass is 28.3. The van der Waals surface area contributed by atoms with E-state index >= 15 is 0 Å². The highest BCUT2D eigenvalue weighted by Crippen LogP contribution is 2.25. The molecule has 0 aliphatic heterocycles. The summed E-state index contributed by atoms with van der Waals surface area (Å²) >= 11 is 0. The van der Waals surface area contributed by atoms with Crippen LogP contribution in [-0.2, 0) is 8.85 Å². The zero-order chi connectivity index (χ0) is 12.5. The van der Waals surface area contributed by atoms with Gasteiger partial charge in [-0.3, -0.25) is 0 Å². The highest BCUT2D eigenvalue weighted by molar-refractivity contribution is 6.44. The van der Waals surface area contributed by atoms with Gasteiger partial charge in [0.25, 0.3) is 0 Å². The van der Waals surface area contributed by atoms with Crippen molar-refractivity contribution in [3.8, 4) is 0 Å². The minimum absolute atomic E-state index is 0.575. The first-order valence-corrected chi connectivity index (χ1v) is 8.35. The largest absolute Gasteiger partial charge is 0.397 e. The Morgan fingerprint density at radius 3 is 2.06 bits per heavy atom. The molecule has 0 amide bonds. The third-order valence-corrected chi connectivity index (χ3v) is 5.31. The second-order valence-electron chi connectivity index (χ2n) is 4.09. The van der Waals surface area contributed by atoms with Gasteiger partial charge in [-0.25, -0.2) is 0 Å². The van der Waals surface area contributed by atoms with E-state index in [2.05, 4.69) is 37.3 Å². The van der Waals surface area contributed by atoms with Crippen LogP contribution in [-0.4, -0.2) is 22.5 Å². The molecule has 0 aromatic heterocycles. The Balaban J connectivity index is 2.61. The van der Waals surface area contributed by atoms with Gasteiger partial charge >= 0.3 is 9.28 Å². The molecule has 0 radical (unpaired) electrons. The summed E-state index contributed by atoms with van der Waals surface area (Å²) < 4.78 is 11.5. The van der Waals surface area contributed by atoms with E-state index in [1.165, 1.54) is 5.56 Å². The number of hydrogen-bond donors (Lipinski definition) is 0. The summed E-state index contributed by atoms with van der Waals surface area (Å²) in [7, 11) is -1.48. The highest BCUT2D eigenvalue weighted by Gasteiger charge is 2.19. The van der Waals surface area contributed by atoms with Crippen molar-refractivity contribution >= 4 is 9.28 Å². The van der Waals surface area contributed by atoms with Crippen LogP contribution in [0.15, 0.2) is 30.3 Å². The van der Waals surface area contributed by atoms with Crippen LogP contribution in [0.1, 0.15) is 38.7 Å². The summed E-state index contributed by atoms with van der Waals surface area (Å²) in [5, 5.41) is 0. The van der Waals surface area contributed by atoms with Gasteiger partial charge < -0.3 is 8.85 Å². The van der Waals surface area contributed by atoms with E-state index in [0.29, 0.717) is 5.92 Å². The van der Waals surface area contributed by atoms with E-state index in [1.54, 1.807) is 0 Å². The maximum atomic E-state index is 5.75. The summed E-state index contributed by atoms with van der Waals surface area (Å²) in [6, 6.07) is 11.8. The first-order chi connectivity index (χ1) is 8.31. The maximum absolute atomic E-state index is 5.75. The van der Waals surface area contributed by atoms with Gasteiger partial charge in [0.2, 0.25) is 0 Å². The SMILES string of the molecule is CCO[SiH](CC(CC)c1ccccc1)OCC. The Hall–Kier alpha value is -0.643. The molecule has 17 heavy (non-hydrogen) atoms. The summed E-state index contributed by atoms with van der Waals surface area (Å²) in [5.41, 5.74) is 1.41. The Morgan fingerprint density at radius 2 is 1.59 bits per heavy atom. The van der Waals surface area contributed by atoms with Crippen molar-refractivity contribution in [3.63, 3.8) is 0 Å². The molecule has 1 aromatic carbocycles. The van der Waals surface area contributed by atoms with Gasteiger partial charge in [0.15, 0.2) is 0 Å². The van der Waals surface area contributed by atoms with E-state index in [0.717, 1.165) is 25.7 Å². The molecule has 0 saturated carbocycles. The van der Waals surface area contributed by atoms with Crippen LogP contribution < -0.4 is 0 Å². The minimum Gasteiger partial charge on any atom is -0.397 e. The molecule has 0 spiro atoms. The quantitative estimate of drug-likeness (QED) is 0.660. The number of benzene rings is 1. The zero-order valence-corrected chi connectivity index (χ0v) is 12.3. The normalized spacial score (nSPS) is 12.9. The predicted octanol–water partition coefficient (Wildman–Crippen LogP) is 3.47. The van der Waals surface area contributed by atoms with Crippen molar-refractivity contribution in [2.24, 2.45) is 0 Å². The average Bonchev–Trinajstić information content (AvgIpc) is 2.37. The zero-order valence-electron chi connectivity index (χ0n) is 11.2. The van der Waals surface area contributed by atoms with Crippen molar-refractivity contribution in [3.05, 3.63) is 35.9 Å². The average molecular weight is 252 g/mol. The first kappa shape index (κ1) is 14.4. The van der Waals surface area contributed by atoms with Crippen LogP contribution in [0.25, 0.3) is 0 Å². The van der Waals surface area contributed by atoms with Crippen LogP contribution in [0.3, 0.4) is 0 Å². The molecule has 0 fully saturated rings. The molecule has 0 heterocycles. The molecule has 2 nitrogen and oxygen atoms in total. The molecule has 1 rings (SSSR count). The smallest absolute Gasteiger partial charge is 0.322 e. The summed E-state index contributed by atoms with van der Waals surface area (Å²) in [4.78, 5) is 0. The summed E-state index contributed by atoms with van der Waals surface area (Å²) in [6.07, 6.45) is 1.15. The molecule has 1 atom stereocenters. The van der Waals surface area contributed by atoms with Gasteiger partial charge in [-0.15, -0.1) is 0 Å². The third kappa shape index (κ3) is 5.02. The molecule has 96 valence electrons. The molecule has 0 bridgehead atoms. The van der Waals surface area contributed by atoms with E-state index in [1.807, 2.05) is 13.8 Å². The van der Waals surface area contributed by atoms with Crippen LogP contribution in [0.5, 0.6) is 0 Å². The molecule has 0 aliphatic rings. The standard InChI is InChI=1S/C14H24O2Si/c1-4-13(14-10-8-7-9-11-14)12-17(15-5-2)16-6-3/h7-11,13,17H,4-6,12H2,1-3H3. The van der Waals surface area contributed by atoms with Gasteiger partial charge in [-0.05, 0) is 37.8 Å². The number of rotatable bonds is 8. The monoisotopic (exact) mass is 252 g/mol. The van der Waals surface area contributed by atoms with Crippen molar-refractivity contribution in [1.82, 2.24) is 0 Å². The van der Waals surface area contributed by atoms with Crippen molar-refractivity contribution in [2.75, 3.05) is 13.2 Å². The fraction of sp³-hybridized carbons (Fsp3) is 0.571. The van der Waals surface area contributed by atoms with E-state index in [-0.39, 0.29) is 0 Å². The number of hydrogen-bond acceptors (Lipinski definition) is 2. The summed E-state index contributed by atoms with van der Waals surface area (Å²) in [6.45, 7) is 7.86. The molecule has 0 aliphatic carbocycles. The van der Waals surface area contributed by atoms with Crippen LogP contribution >= 0.6 is 0 Å². The molecular formula is C14H24O2Si. The molecule has 0 saturated heterocycles. The fourth-order valence-corrected chi connectivity index (χ4v) is 4.23. The molecule has 3 heteroatoms. The van der Waals surface area contributed by atoms with E-state index in [4.69, 9.17) is 8.85 Å². The third-order valence-electron chi connectivity index (χ3n) is 2.95. The predicted molar refractivity (Wildman–Crippen MR) is 74.7 cm³/mol. The summed E-state index contributed by atoms with van der Waals surface area (Å²) in [5.74, 6) is 0.575. The fourth-order valence-electron chi connectivity index (χ4n) is 2.05. The van der Waals surface area contributed by atoms with Crippen molar-refractivity contribution in [2.45, 2.75) is 39.2 Å². The lowest BCUT2D eigenvalue weighted by Crippen LogP contribution is -2.25. The molecule has 0 N–H and O–H groups in total. The Morgan fingerprint density at radius 1 is 1.00 bits per heavy atom. The second kappa shape index (κ2) is 8.45. The first-order valence-electron chi connectivity index (χ1n) is 6.59. The van der Waals surface area contributed by atoms with E-state index in [9.17, 15) is 0 Å². The topological polar surface area (TPSA) is 18.5 Å². The van der Waals surface area contributed by atoms with Crippen LogP contribution in [0, 0.1) is 0 Å². The molecule has 1 unspecified atom stereocenters. The Bertz CT molecular complexity index is 284. The lowest BCUT2D eigenvalue weighted by molar-refractivity contribution is 0.211. The van der Waals surface area contributed by atoms with Gasteiger partial charge in [-0.1, -0.05) is 37.3 Å². The second-order valence-corrected chi connectivity index (χ2v) is 6.09. The lowest BCUT2D eigenvalue weighted by Gasteiger charge is -2.21.